The summed E-state index contributed by atoms with van der Waals surface area (Å²) in [6, 6.07) is 5.76. The van der Waals surface area contributed by atoms with E-state index in [9.17, 15) is 14.4 Å². The average molecular weight is 401 g/mol. The summed E-state index contributed by atoms with van der Waals surface area (Å²) in [5, 5.41) is 9.48. The summed E-state index contributed by atoms with van der Waals surface area (Å²) in [4.78, 5) is 38.2. The normalized spacial score (nSPS) is 28.4. The predicted octanol–water partition coefficient (Wildman–Crippen LogP) is 0.385. The largest absolute Gasteiger partial charge is 0.322 e. The molecule has 2 atom stereocenters. The number of fused-ring (bicyclic) bond motifs is 1. The summed E-state index contributed by atoms with van der Waals surface area (Å²) in [5.74, 6) is 0.458. The van der Waals surface area contributed by atoms with Gasteiger partial charge in [-0.25, -0.2) is 0 Å². The van der Waals surface area contributed by atoms with Crippen LogP contribution in [0.3, 0.4) is 0 Å². The minimum Gasteiger partial charge on any atom is -0.322 e. The fourth-order valence-electron chi connectivity index (χ4n) is 4.80. The van der Waals surface area contributed by atoms with E-state index in [0.717, 1.165) is 30.8 Å². The third kappa shape index (κ3) is 2.86. The minimum atomic E-state index is -0.561. The Labute approximate surface area is 168 Å². The number of nitrogens with one attached hydrogen (secondary N) is 3. The van der Waals surface area contributed by atoms with Gasteiger partial charge >= 0.3 is 0 Å². The lowest BCUT2D eigenvalue weighted by Crippen LogP contribution is -2.64. The van der Waals surface area contributed by atoms with Gasteiger partial charge in [-0.2, -0.15) is 11.8 Å². The lowest BCUT2D eigenvalue weighted by molar-refractivity contribution is -0.136. The molecular weight excluding hydrogens is 376 g/mol. The van der Waals surface area contributed by atoms with E-state index in [1.807, 2.05) is 12.1 Å². The van der Waals surface area contributed by atoms with Crippen molar-refractivity contribution in [3.8, 4) is 0 Å². The molecule has 2 unspecified atom stereocenters. The maximum atomic E-state index is 12.9. The number of carbonyl (C=O) groups excluding carboxylic acids is 3. The zero-order valence-electron chi connectivity index (χ0n) is 15.6. The Morgan fingerprint density at radius 3 is 2.82 bits per heavy atom. The van der Waals surface area contributed by atoms with Crippen LogP contribution < -0.4 is 16.0 Å². The molecule has 4 aliphatic rings. The smallest absolute Gasteiger partial charge is 0.255 e. The Kier molecular flexibility index (Phi) is 4.45. The van der Waals surface area contributed by atoms with Gasteiger partial charge in [0, 0.05) is 44.2 Å². The highest BCUT2D eigenvalue weighted by Gasteiger charge is 2.48. The number of hydrogen-bond donors (Lipinski definition) is 3. The summed E-state index contributed by atoms with van der Waals surface area (Å²) in [6.07, 6.45) is 1.84. The van der Waals surface area contributed by atoms with Gasteiger partial charge in [-0.15, -0.1) is 0 Å². The minimum absolute atomic E-state index is 0.109. The van der Waals surface area contributed by atoms with Gasteiger partial charge < -0.3 is 15.5 Å². The second-order valence-electron chi connectivity index (χ2n) is 8.08. The van der Waals surface area contributed by atoms with Gasteiger partial charge in [-0.05, 0) is 35.8 Å². The van der Waals surface area contributed by atoms with Gasteiger partial charge in [0.1, 0.15) is 6.04 Å². The van der Waals surface area contributed by atoms with Gasteiger partial charge in [-0.3, -0.25) is 19.7 Å². The van der Waals surface area contributed by atoms with Crippen LogP contribution in [0.4, 0.5) is 0 Å². The Morgan fingerprint density at radius 2 is 2.07 bits per heavy atom. The standard InChI is InChI=1S/C20H24N4O3S/c25-17-5-4-15(18(26)23-17)24-9-14-12(2-1-3-13(14)19(24)27)8-22-16-6-7-28-20(16)10-21-11-20/h1-3,15-16,21-22H,4-11H2,(H,23,25,26). The van der Waals surface area contributed by atoms with Crippen molar-refractivity contribution in [3.63, 3.8) is 0 Å². The average Bonchev–Trinajstić information content (AvgIpc) is 3.22. The van der Waals surface area contributed by atoms with Crippen LogP contribution in [0.2, 0.25) is 0 Å². The first-order valence-electron chi connectivity index (χ1n) is 9.91. The Hall–Kier alpha value is -1.90. The molecule has 4 heterocycles. The molecule has 7 nitrogen and oxygen atoms in total. The van der Waals surface area contributed by atoms with Crippen LogP contribution in [0.5, 0.6) is 0 Å². The number of piperidine rings is 1. The number of benzene rings is 1. The topological polar surface area (TPSA) is 90.5 Å². The molecule has 3 amide bonds. The number of carbonyl (C=O) groups is 3. The maximum absolute atomic E-state index is 12.9. The van der Waals surface area contributed by atoms with Crippen molar-refractivity contribution in [2.45, 2.75) is 49.2 Å². The Morgan fingerprint density at radius 1 is 1.21 bits per heavy atom. The zero-order valence-corrected chi connectivity index (χ0v) is 16.4. The molecule has 0 radical (unpaired) electrons. The third-order valence-electron chi connectivity index (χ3n) is 6.50. The highest BCUT2D eigenvalue weighted by molar-refractivity contribution is 8.01. The molecule has 0 saturated carbocycles. The molecule has 0 bridgehead atoms. The first kappa shape index (κ1) is 18.1. The summed E-state index contributed by atoms with van der Waals surface area (Å²) in [6.45, 7) is 3.28. The van der Waals surface area contributed by atoms with Crippen LogP contribution in [-0.2, 0) is 22.7 Å². The van der Waals surface area contributed by atoms with E-state index < -0.39 is 6.04 Å². The van der Waals surface area contributed by atoms with E-state index >= 15 is 0 Å². The molecule has 3 N–H and O–H groups in total. The van der Waals surface area contributed by atoms with Crippen molar-refractivity contribution >= 4 is 29.5 Å². The van der Waals surface area contributed by atoms with E-state index in [1.165, 1.54) is 12.2 Å². The molecule has 5 rings (SSSR count). The summed E-state index contributed by atoms with van der Waals surface area (Å²) in [5.41, 5.74) is 2.82. The molecule has 0 aromatic heterocycles. The zero-order chi connectivity index (χ0) is 19.3. The first-order valence-corrected chi connectivity index (χ1v) is 10.9. The molecule has 0 aliphatic carbocycles. The van der Waals surface area contributed by atoms with Crippen molar-refractivity contribution in [2.75, 3.05) is 18.8 Å². The fourth-order valence-corrected chi connectivity index (χ4v) is 6.37. The van der Waals surface area contributed by atoms with Crippen LogP contribution >= 0.6 is 11.8 Å². The molecule has 8 heteroatoms. The molecule has 3 saturated heterocycles. The number of rotatable bonds is 4. The third-order valence-corrected chi connectivity index (χ3v) is 8.09. The van der Waals surface area contributed by atoms with E-state index in [1.54, 1.807) is 4.90 Å². The first-order chi connectivity index (χ1) is 13.6. The molecule has 4 aliphatic heterocycles. The van der Waals surface area contributed by atoms with Crippen molar-refractivity contribution in [2.24, 2.45) is 0 Å². The van der Waals surface area contributed by atoms with Crippen molar-refractivity contribution in [1.82, 2.24) is 20.9 Å². The van der Waals surface area contributed by atoms with Crippen LogP contribution in [0.1, 0.15) is 40.7 Å². The number of hydrogen-bond acceptors (Lipinski definition) is 6. The lowest BCUT2D eigenvalue weighted by atomic mass is 9.91. The molecular formula is C20H24N4O3S. The van der Waals surface area contributed by atoms with Crippen LogP contribution in [0.25, 0.3) is 0 Å². The van der Waals surface area contributed by atoms with Gasteiger partial charge in [-0.1, -0.05) is 12.1 Å². The second-order valence-corrected chi connectivity index (χ2v) is 9.59. The monoisotopic (exact) mass is 400 g/mol. The van der Waals surface area contributed by atoms with Crippen LogP contribution in [0, 0.1) is 0 Å². The van der Waals surface area contributed by atoms with Gasteiger partial charge in [0.2, 0.25) is 11.8 Å². The number of imide groups is 1. The molecule has 28 heavy (non-hydrogen) atoms. The van der Waals surface area contributed by atoms with Crippen molar-refractivity contribution < 1.29 is 14.4 Å². The molecule has 148 valence electrons. The van der Waals surface area contributed by atoms with E-state index in [4.69, 9.17) is 0 Å². The van der Waals surface area contributed by atoms with E-state index in [-0.39, 0.29) is 24.1 Å². The maximum Gasteiger partial charge on any atom is 0.255 e. The second kappa shape index (κ2) is 6.86. The fraction of sp³-hybridized carbons (Fsp3) is 0.550. The predicted molar refractivity (Wildman–Crippen MR) is 106 cm³/mol. The molecule has 3 fully saturated rings. The van der Waals surface area contributed by atoms with Crippen LogP contribution in [-0.4, -0.2) is 58.3 Å². The Bertz CT molecular complexity index is 854. The number of nitrogens with zero attached hydrogens (tertiary/aromatic N) is 1. The highest BCUT2D eigenvalue weighted by Crippen LogP contribution is 2.41. The van der Waals surface area contributed by atoms with Crippen LogP contribution in [0.15, 0.2) is 18.2 Å². The van der Waals surface area contributed by atoms with Gasteiger partial charge in [0.15, 0.2) is 0 Å². The quantitative estimate of drug-likeness (QED) is 0.634. The summed E-state index contributed by atoms with van der Waals surface area (Å²) >= 11 is 2.06. The molecule has 1 aromatic carbocycles. The lowest BCUT2D eigenvalue weighted by Gasteiger charge is -2.43. The molecule has 1 spiro atoms. The van der Waals surface area contributed by atoms with Gasteiger partial charge in [0.25, 0.3) is 5.91 Å². The van der Waals surface area contributed by atoms with E-state index in [2.05, 4.69) is 33.8 Å². The van der Waals surface area contributed by atoms with Gasteiger partial charge in [0.05, 0.1) is 4.75 Å². The summed E-state index contributed by atoms with van der Waals surface area (Å²) in [7, 11) is 0. The van der Waals surface area contributed by atoms with Crippen molar-refractivity contribution in [3.05, 3.63) is 34.9 Å². The Balaban J connectivity index is 1.32. The molecule has 1 aromatic rings. The van der Waals surface area contributed by atoms with Crippen molar-refractivity contribution in [1.29, 1.82) is 0 Å². The SMILES string of the molecule is O=C1CCC(N2Cc3c(CNC4CCSC45CNC5)cccc3C2=O)C(=O)N1. The number of thioether (sulfide) groups is 1. The van der Waals surface area contributed by atoms with E-state index in [0.29, 0.717) is 29.3 Å². The summed E-state index contributed by atoms with van der Waals surface area (Å²) < 4.78 is 0.326. The number of amides is 3. The highest BCUT2D eigenvalue weighted by atomic mass is 32.2.